The number of alkyl halides is 19. The number of benzene rings is 2. The van der Waals surface area contributed by atoms with Crippen molar-refractivity contribution < 1.29 is 88.2 Å². The van der Waals surface area contributed by atoms with Crippen LogP contribution in [0.25, 0.3) is 5.70 Å². The molecule has 21 heteroatoms. The maximum atomic E-state index is 15.1. The Kier molecular flexibility index (Phi) is 9.49. The van der Waals surface area contributed by atoms with Gasteiger partial charge in [-0.25, -0.2) is 0 Å². The zero-order chi connectivity index (χ0) is 38.2. The number of nitrogens with zero attached hydrogens (tertiary/aromatic N) is 1. The van der Waals surface area contributed by atoms with Crippen molar-refractivity contribution in [3.63, 3.8) is 0 Å². The Morgan fingerprint density at radius 2 is 1.04 bits per heavy atom. The predicted octanol–water partition coefficient (Wildman–Crippen LogP) is 10.6. The Labute approximate surface area is 262 Å². The Morgan fingerprint density at radius 1 is 0.612 bits per heavy atom. The van der Waals surface area contributed by atoms with E-state index in [0.29, 0.717) is 6.92 Å². The monoisotopic (exact) mass is 745 g/mol. The van der Waals surface area contributed by atoms with Crippen LogP contribution in [-0.4, -0.2) is 46.6 Å². The van der Waals surface area contributed by atoms with Crippen molar-refractivity contribution in [2.75, 3.05) is 0 Å². The average molecular weight is 745 g/mol. The van der Waals surface area contributed by atoms with Gasteiger partial charge < -0.3 is 4.90 Å². The van der Waals surface area contributed by atoms with Crippen molar-refractivity contribution in [1.82, 2.24) is 4.90 Å². The molecule has 0 fully saturated rings. The van der Waals surface area contributed by atoms with E-state index in [0.717, 1.165) is 0 Å². The van der Waals surface area contributed by atoms with Crippen LogP contribution in [0, 0.1) is 5.41 Å². The summed E-state index contributed by atoms with van der Waals surface area (Å²) < 4.78 is 261. The van der Waals surface area contributed by atoms with E-state index in [2.05, 4.69) is 0 Å². The van der Waals surface area contributed by atoms with Gasteiger partial charge in [0.1, 0.15) is 0 Å². The van der Waals surface area contributed by atoms with Gasteiger partial charge in [0, 0.05) is 6.42 Å². The van der Waals surface area contributed by atoms with Crippen LogP contribution < -0.4 is 0 Å². The second-order valence-electron chi connectivity index (χ2n) is 11.2. The molecule has 0 saturated heterocycles. The Bertz CT molecular complexity index is 1570. The highest BCUT2D eigenvalue weighted by Gasteiger charge is 2.91. The molecule has 0 spiro atoms. The molecule has 0 saturated carbocycles. The van der Waals surface area contributed by atoms with Crippen molar-refractivity contribution in [2.45, 2.75) is 75.0 Å². The molecule has 49 heavy (non-hydrogen) atoms. The molecule has 2 aromatic rings. The van der Waals surface area contributed by atoms with Gasteiger partial charge in [-0.2, -0.15) is 83.4 Å². The SMILES string of the molecule is CC1=C(c2cc(C(F)(F)F)cc(C(F)(F)F)c2)N(Cc2ccccc2)C(=O)C1(C)CC(F)(F)C(F)(F)C(F)(F)C(F)(F)C(F)(F)C(F)(F)F. The minimum atomic E-state index is -8.24. The fourth-order valence-electron chi connectivity index (χ4n) is 4.97. The highest BCUT2D eigenvalue weighted by molar-refractivity contribution is 6.00. The van der Waals surface area contributed by atoms with E-state index in [9.17, 15) is 79.4 Å². The summed E-state index contributed by atoms with van der Waals surface area (Å²) in [6.45, 7) is -0.198. The summed E-state index contributed by atoms with van der Waals surface area (Å²) >= 11 is 0. The molecule has 2 nitrogen and oxygen atoms in total. The van der Waals surface area contributed by atoms with Gasteiger partial charge >= 0.3 is 48.1 Å². The molecule has 2 aromatic carbocycles. The molecule has 0 bridgehead atoms. The third-order valence-electron chi connectivity index (χ3n) is 7.79. The number of hydrogen-bond acceptors (Lipinski definition) is 1. The third-order valence-corrected chi connectivity index (χ3v) is 7.79. The van der Waals surface area contributed by atoms with E-state index >= 15 is 8.78 Å². The number of carbonyl (C=O) groups excluding carboxylic acids is 1. The lowest BCUT2D eigenvalue weighted by atomic mass is 9.75. The van der Waals surface area contributed by atoms with E-state index in [1.807, 2.05) is 0 Å². The van der Waals surface area contributed by atoms with E-state index < -0.39 is 100 Å². The normalized spacial score (nSPS) is 19.3. The summed E-state index contributed by atoms with van der Waals surface area (Å²) in [4.78, 5) is 13.8. The fraction of sp³-hybridized carbons (Fsp3) is 0.464. The van der Waals surface area contributed by atoms with Crippen LogP contribution in [0.1, 0.15) is 42.5 Å². The quantitative estimate of drug-likeness (QED) is 0.234. The molecule has 274 valence electrons. The van der Waals surface area contributed by atoms with Crippen molar-refractivity contribution in [2.24, 2.45) is 5.41 Å². The zero-order valence-electron chi connectivity index (χ0n) is 24.1. The van der Waals surface area contributed by atoms with Gasteiger partial charge in [0.15, 0.2) is 0 Å². The molecular weight excluding hydrogens is 727 g/mol. The first-order chi connectivity index (χ1) is 21.7. The molecule has 0 radical (unpaired) electrons. The Hall–Kier alpha value is -3.68. The lowest BCUT2D eigenvalue weighted by Crippen LogP contribution is -2.70. The topological polar surface area (TPSA) is 20.3 Å². The largest absolute Gasteiger partial charge is 0.460 e. The number of rotatable bonds is 9. The van der Waals surface area contributed by atoms with Crippen LogP contribution in [-0.2, 0) is 23.7 Å². The summed E-state index contributed by atoms with van der Waals surface area (Å²) in [6, 6.07) is 5.85. The highest BCUT2D eigenvalue weighted by Crippen LogP contribution is 2.63. The fourth-order valence-corrected chi connectivity index (χ4v) is 4.97. The highest BCUT2D eigenvalue weighted by atomic mass is 19.4. The maximum Gasteiger partial charge on any atom is 0.460 e. The molecule has 0 aliphatic carbocycles. The van der Waals surface area contributed by atoms with Crippen LogP contribution >= 0.6 is 0 Å². The van der Waals surface area contributed by atoms with Crippen LogP contribution in [0.4, 0.5) is 83.4 Å². The van der Waals surface area contributed by atoms with Crippen molar-refractivity contribution in [1.29, 1.82) is 0 Å². The number of halogens is 19. The Morgan fingerprint density at radius 3 is 1.45 bits per heavy atom. The van der Waals surface area contributed by atoms with Gasteiger partial charge in [0.05, 0.1) is 28.8 Å². The molecule has 3 rings (SSSR count). The summed E-state index contributed by atoms with van der Waals surface area (Å²) in [7, 11) is 0. The minimum Gasteiger partial charge on any atom is -0.307 e. The first kappa shape index (κ1) is 39.8. The van der Waals surface area contributed by atoms with Crippen LogP contribution in [0.2, 0.25) is 0 Å². The van der Waals surface area contributed by atoms with E-state index in [1.54, 1.807) is 0 Å². The van der Waals surface area contributed by atoms with Crippen LogP contribution in [0.15, 0.2) is 54.1 Å². The van der Waals surface area contributed by atoms with Gasteiger partial charge in [0.2, 0.25) is 5.91 Å². The zero-order valence-corrected chi connectivity index (χ0v) is 24.1. The number of hydrogen-bond donors (Lipinski definition) is 0. The van der Waals surface area contributed by atoms with Gasteiger partial charge in [-0.05, 0) is 48.7 Å². The summed E-state index contributed by atoms with van der Waals surface area (Å²) in [5.41, 5.74) is -10.9. The molecule has 1 aliphatic heterocycles. The summed E-state index contributed by atoms with van der Waals surface area (Å²) in [5, 5.41) is 0. The molecule has 1 heterocycles. The van der Waals surface area contributed by atoms with Crippen molar-refractivity contribution in [3.05, 3.63) is 76.4 Å². The standard InChI is InChI=1S/C28H18F19NO/c1-13-18(15-8-16(22(31,32)33)10-17(9-15)23(34,35)36)48(11-14-6-4-3-5-7-14)19(49)20(13,2)12-21(29,30)24(37,38)25(39,40)26(41,42)27(43,44)28(45,46)47/h3-10H,11-12H2,1-2H3. The van der Waals surface area contributed by atoms with Crippen LogP contribution in [0.3, 0.4) is 0 Å². The van der Waals surface area contributed by atoms with E-state index in [-0.39, 0.29) is 35.6 Å². The van der Waals surface area contributed by atoms with Crippen LogP contribution in [0.5, 0.6) is 0 Å². The van der Waals surface area contributed by atoms with Gasteiger partial charge in [-0.3, -0.25) is 4.79 Å². The molecule has 1 amide bonds. The van der Waals surface area contributed by atoms with E-state index in [4.69, 9.17) is 0 Å². The summed E-state index contributed by atoms with van der Waals surface area (Å²) in [6.07, 6.45) is -21.8. The average Bonchev–Trinajstić information content (AvgIpc) is 3.11. The van der Waals surface area contributed by atoms with Gasteiger partial charge in [0.25, 0.3) is 0 Å². The molecule has 1 aliphatic rings. The number of amides is 1. The lowest BCUT2D eigenvalue weighted by Gasteiger charge is -2.41. The first-order valence-electron chi connectivity index (χ1n) is 13.0. The minimum absolute atomic E-state index is 0.00818. The van der Waals surface area contributed by atoms with Crippen molar-refractivity contribution in [3.8, 4) is 0 Å². The molecule has 1 unspecified atom stereocenters. The third kappa shape index (κ3) is 6.41. The maximum absolute atomic E-state index is 15.1. The van der Waals surface area contributed by atoms with Crippen molar-refractivity contribution >= 4 is 11.6 Å². The predicted molar refractivity (Wildman–Crippen MR) is 130 cm³/mol. The van der Waals surface area contributed by atoms with Gasteiger partial charge in [-0.1, -0.05) is 30.3 Å². The van der Waals surface area contributed by atoms with E-state index in [1.165, 1.54) is 30.3 Å². The first-order valence-corrected chi connectivity index (χ1v) is 13.0. The molecule has 0 aromatic heterocycles. The molecule has 1 atom stereocenters. The smallest absolute Gasteiger partial charge is 0.307 e. The Balaban J connectivity index is 2.29. The number of carbonyl (C=O) groups is 1. The molecule has 0 N–H and O–H groups in total. The second kappa shape index (κ2) is 11.7. The summed E-state index contributed by atoms with van der Waals surface area (Å²) in [5.74, 6) is -41.0. The molecular formula is C28H18F19NO. The lowest BCUT2D eigenvalue weighted by molar-refractivity contribution is -0.440. The van der Waals surface area contributed by atoms with Gasteiger partial charge in [-0.15, -0.1) is 0 Å². The second-order valence-corrected chi connectivity index (χ2v) is 11.2.